The summed E-state index contributed by atoms with van der Waals surface area (Å²) in [5.41, 5.74) is 2.30. The van der Waals surface area contributed by atoms with Gasteiger partial charge in [0.05, 0.1) is 18.8 Å². The van der Waals surface area contributed by atoms with Gasteiger partial charge in [-0.1, -0.05) is 44.2 Å². The Hall–Kier alpha value is -2.10. The first kappa shape index (κ1) is 13.9. The number of benzene rings is 1. The summed E-state index contributed by atoms with van der Waals surface area (Å²) in [6, 6.07) is 10.5. The van der Waals surface area contributed by atoms with Crippen LogP contribution in [0.1, 0.15) is 31.1 Å². The molecule has 0 N–H and O–H groups in total. The standard InChI is InChI=1S/C17H21N3O/c1-17(2)11-20(16(17)13-7-5-4-6-8-13)15(21)9-14-10-18-12-19(14)3/h4-8,10,12,16H,9,11H2,1-3H3. The van der Waals surface area contributed by atoms with Crippen LogP contribution >= 0.6 is 0 Å². The van der Waals surface area contributed by atoms with Crippen molar-refractivity contribution in [1.82, 2.24) is 14.5 Å². The van der Waals surface area contributed by atoms with Gasteiger partial charge in [-0.15, -0.1) is 0 Å². The number of hydrogen-bond acceptors (Lipinski definition) is 2. The summed E-state index contributed by atoms with van der Waals surface area (Å²) >= 11 is 0. The van der Waals surface area contributed by atoms with Crippen molar-refractivity contribution in [3.05, 3.63) is 54.1 Å². The molecular weight excluding hydrogens is 262 g/mol. The van der Waals surface area contributed by atoms with Gasteiger partial charge >= 0.3 is 0 Å². The summed E-state index contributed by atoms with van der Waals surface area (Å²) in [6.45, 7) is 5.25. The lowest BCUT2D eigenvalue weighted by Crippen LogP contribution is -2.58. The molecule has 1 aliphatic rings. The smallest absolute Gasteiger partial charge is 0.229 e. The monoisotopic (exact) mass is 283 g/mol. The molecule has 1 aliphatic heterocycles. The Morgan fingerprint density at radius 3 is 2.62 bits per heavy atom. The van der Waals surface area contributed by atoms with Crippen LogP contribution in [0.3, 0.4) is 0 Å². The van der Waals surface area contributed by atoms with Gasteiger partial charge in [0.1, 0.15) is 0 Å². The van der Waals surface area contributed by atoms with Gasteiger partial charge in [0, 0.05) is 30.9 Å². The number of carbonyl (C=O) groups excluding carboxylic acids is 1. The van der Waals surface area contributed by atoms with E-state index in [1.807, 2.05) is 34.7 Å². The molecule has 0 radical (unpaired) electrons. The van der Waals surface area contributed by atoms with E-state index in [-0.39, 0.29) is 17.4 Å². The predicted octanol–water partition coefficient (Wildman–Crippen LogP) is 2.57. The van der Waals surface area contributed by atoms with Crippen molar-refractivity contribution in [3.63, 3.8) is 0 Å². The van der Waals surface area contributed by atoms with Crippen LogP contribution in [0, 0.1) is 5.41 Å². The number of hydrogen-bond donors (Lipinski definition) is 0. The lowest BCUT2D eigenvalue weighted by molar-refractivity contribution is -0.151. The van der Waals surface area contributed by atoms with Gasteiger partial charge in [0.25, 0.3) is 0 Å². The van der Waals surface area contributed by atoms with Gasteiger partial charge in [-0.05, 0) is 5.56 Å². The van der Waals surface area contributed by atoms with E-state index < -0.39 is 0 Å². The third-order valence-corrected chi connectivity index (χ3v) is 4.31. The second-order valence-electron chi connectivity index (χ2n) is 6.50. The molecule has 0 saturated carbocycles. The number of aryl methyl sites for hydroxylation is 1. The fourth-order valence-electron chi connectivity index (χ4n) is 3.24. The summed E-state index contributed by atoms with van der Waals surface area (Å²) in [5.74, 6) is 0.173. The highest BCUT2D eigenvalue weighted by atomic mass is 16.2. The van der Waals surface area contributed by atoms with Crippen molar-refractivity contribution in [3.8, 4) is 0 Å². The molecule has 1 amide bonds. The first-order valence-corrected chi connectivity index (χ1v) is 7.28. The Balaban J connectivity index is 1.79. The molecule has 0 bridgehead atoms. The maximum absolute atomic E-state index is 12.6. The Bertz CT molecular complexity index is 645. The van der Waals surface area contributed by atoms with Crippen molar-refractivity contribution in [2.24, 2.45) is 12.5 Å². The predicted molar refractivity (Wildman–Crippen MR) is 81.6 cm³/mol. The van der Waals surface area contributed by atoms with E-state index in [9.17, 15) is 4.79 Å². The molecule has 1 atom stereocenters. The van der Waals surface area contributed by atoms with Crippen LogP contribution < -0.4 is 0 Å². The summed E-state index contributed by atoms with van der Waals surface area (Å²) in [5, 5.41) is 0. The molecule has 2 aromatic rings. The summed E-state index contributed by atoms with van der Waals surface area (Å²) in [4.78, 5) is 18.7. The molecule has 1 aromatic heterocycles. The molecule has 1 saturated heterocycles. The largest absolute Gasteiger partial charge is 0.337 e. The average Bonchev–Trinajstić information content (AvgIpc) is 2.83. The first-order chi connectivity index (χ1) is 9.99. The van der Waals surface area contributed by atoms with Gasteiger partial charge in [-0.2, -0.15) is 0 Å². The van der Waals surface area contributed by atoms with E-state index in [0.29, 0.717) is 6.42 Å². The Labute approximate surface area is 125 Å². The molecule has 2 heterocycles. The van der Waals surface area contributed by atoms with Gasteiger partial charge < -0.3 is 9.47 Å². The Morgan fingerprint density at radius 1 is 1.33 bits per heavy atom. The highest BCUT2D eigenvalue weighted by molar-refractivity contribution is 5.80. The number of amides is 1. The quantitative estimate of drug-likeness (QED) is 0.868. The molecule has 1 aromatic carbocycles. The second kappa shape index (κ2) is 5.02. The van der Waals surface area contributed by atoms with E-state index in [1.54, 1.807) is 12.5 Å². The van der Waals surface area contributed by atoms with Crippen LogP contribution in [0.4, 0.5) is 0 Å². The van der Waals surface area contributed by atoms with Gasteiger partial charge in [-0.25, -0.2) is 4.98 Å². The average molecular weight is 283 g/mol. The summed E-state index contributed by atoms with van der Waals surface area (Å²) < 4.78 is 1.90. The van der Waals surface area contributed by atoms with Crippen LogP contribution in [0.2, 0.25) is 0 Å². The number of imidazole rings is 1. The maximum atomic E-state index is 12.6. The molecule has 0 aliphatic carbocycles. The lowest BCUT2D eigenvalue weighted by atomic mass is 9.71. The fraction of sp³-hybridized carbons (Fsp3) is 0.412. The molecule has 1 fully saturated rings. The SMILES string of the molecule is Cn1cncc1CC(=O)N1CC(C)(C)C1c1ccccc1. The zero-order valence-corrected chi connectivity index (χ0v) is 12.8. The molecular formula is C17H21N3O. The Kier molecular flexibility index (Phi) is 3.32. The van der Waals surface area contributed by atoms with Gasteiger partial charge in [0.2, 0.25) is 5.91 Å². The fourth-order valence-corrected chi connectivity index (χ4v) is 3.24. The van der Waals surface area contributed by atoms with E-state index in [4.69, 9.17) is 0 Å². The summed E-state index contributed by atoms with van der Waals surface area (Å²) in [7, 11) is 1.92. The normalized spacial score (nSPS) is 20.1. The van der Waals surface area contributed by atoms with Crippen LogP contribution in [-0.4, -0.2) is 26.9 Å². The molecule has 0 spiro atoms. The van der Waals surface area contributed by atoms with Crippen molar-refractivity contribution in [1.29, 1.82) is 0 Å². The molecule has 1 unspecified atom stereocenters. The molecule has 4 nitrogen and oxygen atoms in total. The van der Waals surface area contributed by atoms with Crippen LogP contribution in [0.5, 0.6) is 0 Å². The van der Waals surface area contributed by atoms with Crippen LogP contribution in [0.25, 0.3) is 0 Å². The van der Waals surface area contributed by atoms with Gasteiger partial charge in [0.15, 0.2) is 0 Å². The minimum absolute atomic E-state index is 0.128. The second-order valence-corrected chi connectivity index (χ2v) is 6.50. The van der Waals surface area contributed by atoms with E-state index in [0.717, 1.165) is 12.2 Å². The third kappa shape index (κ3) is 2.46. The first-order valence-electron chi connectivity index (χ1n) is 7.28. The van der Waals surface area contributed by atoms with Crippen molar-refractivity contribution in [2.75, 3.05) is 6.54 Å². The maximum Gasteiger partial charge on any atom is 0.229 e. The molecule has 110 valence electrons. The molecule has 4 heteroatoms. The zero-order valence-electron chi connectivity index (χ0n) is 12.8. The number of aromatic nitrogens is 2. The topological polar surface area (TPSA) is 38.1 Å². The van der Waals surface area contributed by atoms with E-state index >= 15 is 0 Å². The number of nitrogens with zero attached hydrogens (tertiary/aromatic N) is 3. The third-order valence-electron chi connectivity index (χ3n) is 4.31. The summed E-state index contributed by atoms with van der Waals surface area (Å²) in [6.07, 6.45) is 3.91. The highest BCUT2D eigenvalue weighted by Crippen LogP contribution is 2.48. The van der Waals surface area contributed by atoms with Crippen molar-refractivity contribution in [2.45, 2.75) is 26.3 Å². The van der Waals surface area contributed by atoms with Gasteiger partial charge in [-0.3, -0.25) is 4.79 Å². The van der Waals surface area contributed by atoms with Crippen molar-refractivity contribution < 1.29 is 4.79 Å². The lowest BCUT2D eigenvalue weighted by Gasteiger charge is -2.54. The van der Waals surface area contributed by atoms with Crippen LogP contribution in [-0.2, 0) is 18.3 Å². The minimum atomic E-state index is 0.128. The van der Waals surface area contributed by atoms with E-state index in [1.165, 1.54) is 5.56 Å². The minimum Gasteiger partial charge on any atom is -0.337 e. The number of likely N-dealkylation sites (tertiary alicyclic amines) is 1. The molecule has 21 heavy (non-hydrogen) atoms. The zero-order chi connectivity index (χ0) is 15.0. The number of carbonyl (C=O) groups is 1. The van der Waals surface area contributed by atoms with Crippen molar-refractivity contribution >= 4 is 5.91 Å². The molecule has 3 rings (SSSR count). The Morgan fingerprint density at radius 2 is 2.05 bits per heavy atom. The van der Waals surface area contributed by atoms with Crippen LogP contribution in [0.15, 0.2) is 42.9 Å². The van der Waals surface area contributed by atoms with E-state index in [2.05, 4.69) is 31.0 Å². The highest BCUT2D eigenvalue weighted by Gasteiger charge is 2.48. The number of rotatable bonds is 3.